The summed E-state index contributed by atoms with van der Waals surface area (Å²) in [6.45, 7) is 13.3. The third-order valence-electron chi connectivity index (χ3n) is 8.15. The van der Waals surface area contributed by atoms with Gasteiger partial charge in [-0.2, -0.15) is 0 Å². The second-order valence-electron chi connectivity index (χ2n) is 9.90. The topological polar surface area (TPSA) is 26.3 Å². The van der Waals surface area contributed by atoms with Crippen LogP contribution in [0.25, 0.3) is 0 Å². The van der Waals surface area contributed by atoms with Gasteiger partial charge in [0.05, 0.1) is 5.41 Å². The van der Waals surface area contributed by atoms with Crippen molar-refractivity contribution in [1.82, 2.24) is 0 Å². The Morgan fingerprint density at radius 3 is 2.42 bits per heavy atom. The lowest BCUT2D eigenvalue weighted by Gasteiger charge is -2.46. The van der Waals surface area contributed by atoms with Crippen LogP contribution in [0.4, 0.5) is 0 Å². The molecule has 0 heterocycles. The van der Waals surface area contributed by atoms with Crippen molar-refractivity contribution in [3.63, 3.8) is 0 Å². The number of ether oxygens (including phenoxy) is 1. The van der Waals surface area contributed by atoms with Gasteiger partial charge in [-0.15, -0.1) is 0 Å². The van der Waals surface area contributed by atoms with Crippen molar-refractivity contribution in [3.8, 4) is 0 Å². The number of carbonyl (C=O) groups is 1. The monoisotopic (exact) mass is 334 g/mol. The predicted molar refractivity (Wildman–Crippen MR) is 98.6 cm³/mol. The molecule has 0 aliphatic heterocycles. The Labute approximate surface area is 149 Å². The molecule has 0 aromatic carbocycles. The lowest BCUT2D eigenvalue weighted by Crippen LogP contribution is -2.50. The van der Waals surface area contributed by atoms with Gasteiger partial charge >= 0.3 is 5.97 Å². The van der Waals surface area contributed by atoms with Crippen LogP contribution in [-0.2, 0) is 9.53 Å². The molecule has 0 spiro atoms. The van der Waals surface area contributed by atoms with Gasteiger partial charge in [-0.1, -0.05) is 41.0 Å². The first kappa shape index (κ1) is 18.3. The summed E-state index contributed by atoms with van der Waals surface area (Å²) in [6, 6.07) is 0. The van der Waals surface area contributed by atoms with Crippen LogP contribution in [0.3, 0.4) is 0 Å². The van der Waals surface area contributed by atoms with Gasteiger partial charge in [0.15, 0.2) is 0 Å². The summed E-state index contributed by atoms with van der Waals surface area (Å²) >= 11 is 0. The molecule has 0 saturated heterocycles. The van der Waals surface area contributed by atoms with Gasteiger partial charge in [0.1, 0.15) is 5.60 Å². The molecule has 138 valence electrons. The first-order valence-corrected chi connectivity index (χ1v) is 10.5. The molecule has 4 saturated carbocycles. The summed E-state index contributed by atoms with van der Waals surface area (Å²) in [5.41, 5.74) is -0.481. The molecule has 4 aliphatic rings. The zero-order valence-electron chi connectivity index (χ0n) is 16.7. The molecule has 0 radical (unpaired) electrons. The highest BCUT2D eigenvalue weighted by atomic mass is 16.6. The predicted octanol–water partition coefficient (Wildman–Crippen LogP) is 5.84. The van der Waals surface area contributed by atoms with Gasteiger partial charge in [0.25, 0.3) is 0 Å². The third-order valence-corrected chi connectivity index (χ3v) is 8.15. The maximum Gasteiger partial charge on any atom is 0.312 e. The Kier molecular flexibility index (Phi) is 4.81. The van der Waals surface area contributed by atoms with E-state index in [-0.39, 0.29) is 17.0 Å². The van der Waals surface area contributed by atoms with E-state index in [2.05, 4.69) is 41.5 Å². The zero-order chi connectivity index (χ0) is 17.7. The zero-order valence-corrected chi connectivity index (χ0v) is 16.7. The Morgan fingerprint density at radius 1 is 1.17 bits per heavy atom. The van der Waals surface area contributed by atoms with Gasteiger partial charge < -0.3 is 4.74 Å². The largest absolute Gasteiger partial charge is 0.458 e. The minimum absolute atomic E-state index is 0.100. The average molecular weight is 335 g/mol. The van der Waals surface area contributed by atoms with E-state index in [0.29, 0.717) is 23.7 Å². The lowest BCUT2D eigenvalue weighted by molar-refractivity contribution is -0.190. The molecule has 2 heteroatoms. The maximum atomic E-state index is 13.5. The summed E-state index contributed by atoms with van der Waals surface area (Å²) in [5, 5.41) is 0. The summed E-state index contributed by atoms with van der Waals surface area (Å²) in [7, 11) is 0. The van der Waals surface area contributed by atoms with Crippen LogP contribution in [0.15, 0.2) is 0 Å². The van der Waals surface area contributed by atoms with Crippen molar-refractivity contribution < 1.29 is 9.53 Å². The number of hydrogen-bond donors (Lipinski definition) is 0. The van der Waals surface area contributed by atoms with Gasteiger partial charge in [-0.05, 0) is 75.0 Å². The van der Waals surface area contributed by atoms with Crippen molar-refractivity contribution in [2.24, 2.45) is 40.9 Å². The van der Waals surface area contributed by atoms with Crippen LogP contribution < -0.4 is 0 Å². The van der Waals surface area contributed by atoms with E-state index in [0.717, 1.165) is 31.1 Å². The Bertz CT molecular complexity index is 480. The highest BCUT2D eigenvalue weighted by Crippen LogP contribution is 2.65. The van der Waals surface area contributed by atoms with Crippen LogP contribution in [0.5, 0.6) is 0 Å². The lowest BCUT2D eigenvalue weighted by atomic mass is 9.69. The summed E-state index contributed by atoms with van der Waals surface area (Å²) in [4.78, 5) is 13.5. The molecule has 4 rings (SSSR count). The average Bonchev–Trinajstić information content (AvgIpc) is 2.94. The Morgan fingerprint density at radius 2 is 1.88 bits per heavy atom. The molecule has 4 bridgehead atoms. The van der Waals surface area contributed by atoms with Crippen molar-refractivity contribution in [1.29, 1.82) is 0 Å². The summed E-state index contributed by atoms with van der Waals surface area (Å²) in [5.74, 6) is 4.03. The van der Waals surface area contributed by atoms with Gasteiger partial charge in [-0.25, -0.2) is 0 Å². The summed E-state index contributed by atoms with van der Waals surface area (Å²) < 4.78 is 6.56. The van der Waals surface area contributed by atoms with E-state index in [1.54, 1.807) is 0 Å². The van der Waals surface area contributed by atoms with E-state index in [9.17, 15) is 4.79 Å². The minimum atomic E-state index is -0.342. The Hall–Kier alpha value is -0.530. The fourth-order valence-corrected chi connectivity index (χ4v) is 6.71. The van der Waals surface area contributed by atoms with Gasteiger partial charge in [-0.3, -0.25) is 4.79 Å². The standard InChI is InChI=1S/C22H38O2/c1-7-15(5)21(6,13-14(3)4)20(23)24-22(8-2)18-10-16-9-17(12-18)19(22)11-16/h14-19H,7-13H2,1-6H3. The number of hydrogen-bond acceptors (Lipinski definition) is 2. The normalized spacial score (nSPS) is 40.8. The summed E-state index contributed by atoms with van der Waals surface area (Å²) in [6.07, 6.45) is 8.30. The van der Waals surface area contributed by atoms with E-state index >= 15 is 0 Å². The van der Waals surface area contributed by atoms with Crippen molar-refractivity contribution in [2.75, 3.05) is 0 Å². The van der Waals surface area contributed by atoms with Crippen molar-refractivity contribution in [3.05, 3.63) is 0 Å². The minimum Gasteiger partial charge on any atom is -0.458 e. The first-order chi connectivity index (χ1) is 11.3. The van der Waals surface area contributed by atoms with E-state index in [1.165, 1.54) is 25.7 Å². The molecule has 7 unspecified atom stereocenters. The van der Waals surface area contributed by atoms with Crippen LogP contribution in [0.2, 0.25) is 0 Å². The smallest absolute Gasteiger partial charge is 0.312 e. The van der Waals surface area contributed by atoms with E-state index in [1.807, 2.05) is 0 Å². The van der Waals surface area contributed by atoms with E-state index < -0.39 is 0 Å². The highest BCUT2D eigenvalue weighted by Gasteiger charge is 2.64. The van der Waals surface area contributed by atoms with Crippen molar-refractivity contribution in [2.45, 2.75) is 92.1 Å². The molecule has 4 fully saturated rings. The van der Waals surface area contributed by atoms with Crippen LogP contribution >= 0.6 is 0 Å². The van der Waals surface area contributed by atoms with Gasteiger partial charge in [0.2, 0.25) is 0 Å². The van der Waals surface area contributed by atoms with Crippen LogP contribution in [0.1, 0.15) is 86.5 Å². The Balaban J connectivity index is 1.83. The first-order valence-electron chi connectivity index (χ1n) is 10.5. The van der Waals surface area contributed by atoms with Crippen LogP contribution in [-0.4, -0.2) is 11.6 Å². The molecule has 4 aliphatic carbocycles. The van der Waals surface area contributed by atoms with Gasteiger partial charge in [0, 0.05) is 5.92 Å². The third kappa shape index (κ3) is 2.63. The van der Waals surface area contributed by atoms with Crippen LogP contribution in [0, 0.1) is 40.9 Å². The SMILES string of the molecule is CCC(C)C(C)(CC(C)C)C(=O)OC1(CC)C2CC3CC(C2)C1C3. The quantitative estimate of drug-likeness (QED) is 0.546. The van der Waals surface area contributed by atoms with Crippen molar-refractivity contribution >= 4 is 5.97 Å². The molecule has 0 aromatic rings. The second kappa shape index (κ2) is 6.32. The number of esters is 1. The molecule has 2 nitrogen and oxygen atoms in total. The number of carbonyl (C=O) groups excluding carboxylic acids is 1. The molecule has 0 N–H and O–H groups in total. The number of rotatable bonds is 7. The maximum absolute atomic E-state index is 13.5. The fraction of sp³-hybridized carbons (Fsp3) is 0.955. The van der Waals surface area contributed by atoms with E-state index in [4.69, 9.17) is 4.74 Å². The fourth-order valence-electron chi connectivity index (χ4n) is 6.71. The highest BCUT2D eigenvalue weighted by molar-refractivity contribution is 5.77. The molecule has 0 aromatic heterocycles. The molecular formula is C22H38O2. The molecular weight excluding hydrogens is 296 g/mol. The second-order valence-corrected chi connectivity index (χ2v) is 9.90. The molecule has 7 atom stereocenters. The molecule has 24 heavy (non-hydrogen) atoms. The molecule has 0 amide bonds.